The lowest BCUT2D eigenvalue weighted by atomic mass is 9.56. The van der Waals surface area contributed by atoms with E-state index in [1.165, 1.54) is 0 Å². The molecule has 132 valence electrons. The number of nitrogens with zero attached hydrogens (tertiary/aromatic N) is 5. The second-order valence-electron chi connectivity index (χ2n) is 7.01. The molecule has 1 aromatic rings. The van der Waals surface area contributed by atoms with E-state index < -0.39 is 11.3 Å². The van der Waals surface area contributed by atoms with E-state index in [0.29, 0.717) is 12.1 Å². The van der Waals surface area contributed by atoms with Gasteiger partial charge in [0.1, 0.15) is 6.07 Å². The maximum atomic E-state index is 10.1. The zero-order valence-corrected chi connectivity index (χ0v) is 15.4. The normalized spacial score (nSPS) is 24.1. The highest BCUT2D eigenvalue weighted by atomic mass is 15.3. The largest absolute Gasteiger partial charge is 0.399 e. The van der Waals surface area contributed by atoms with E-state index >= 15 is 0 Å². The van der Waals surface area contributed by atoms with Crippen molar-refractivity contribution in [1.82, 2.24) is 9.78 Å². The van der Waals surface area contributed by atoms with Crippen molar-refractivity contribution in [2.45, 2.75) is 52.5 Å². The van der Waals surface area contributed by atoms with Crippen LogP contribution in [0.5, 0.6) is 0 Å². The van der Waals surface area contributed by atoms with Crippen LogP contribution < -0.4 is 5.73 Å². The van der Waals surface area contributed by atoms with Gasteiger partial charge in [-0.1, -0.05) is 6.08 Å². The van der Waals surface area contributed by atoms with Crippen LogP contribution in [0.3, 0.4) is 0 Å². The molecule has 1 aromatic heterocycles. The van der Waals surface area contributed by atoms with Gasteiger partial charge < -0.3 is 5.73 Å². The minimum atomic E-state index is -1.55. The summed E-state index contributed by atoms with van der Waals surface area (Å²) in [5.74, 6) is -0.488. The van der Waals surface area contributed by atoms with E-state index in [2.05, 4.69) is 29.4 Å². The van der Waals surface area contributed by atoms with Crippen LogP contribution in [0, 0.1) is 59.2 Å². The van der Waals surface area contributed by atoms with Crippen molar-refractivity contribution >= 4 is 0 Å². The first-order valence-corrected chi connectivity index (χ1v) is 8.93. The molecule has 0 aliphatic heterocycles. The molecule has 0 aromatic carbocycles. The van der Waals surface area contributed by atoms with Gasteiger partial charge in [0.2, 0.25) is 0 Å². The van der Waals surface area contributed by atoms with E-state index in [0.717, 1.165) is 41.8 Å². The molecule has 2 atom stereocenters. The van der Waals surface area contributed by atoms with Crippen LogP contribution >= 0.6 is 0 Å². The Kier molecular flexibility index (Phi) is 4.34. The Morgan fingerprint density at radius 2 is 2.00 bits per heavy atom. The van der Waals surface area contributed by atoms with Crippen LogP contribution in [0.25, 0.3) is 0 Å². The fourth-order valence-electron chi connectivity index (χ4n) is 4.65. The average molecular weight is 346 g/mol. The Bertz CT molecular complexity index is 927. The summed E-state index contributed by atoms with van der Waals surface area (Å²) in [6, 6.07) is 6.53. The zero-order valence-electron chi connectivity index (χ0n) is 15.4. The van der Waals surface area contributed by atoms with Gasteiger partial charge in [-0.05, 0) is 51.5 Å². The van der Waals surface area contributed by atoms with E-state index in [1.54, 1.807) is 0 Å². The summed E-state index contributed by atoms with van der Waals surface area (Å²) in [4.78, 5) is 0. The fourth-order valence-corrected chi connectivity index (χ4v) is 4.65. The second kappa shape index (κ2) is 6.36. The molecule has 0 spiro atoms. The van der Waals surface area contributed by atoms with Crippen molar-refractivity contribution in [2.24, 2.45) is 17.1 Å². The van der Waals surface area contributed by atoms with Gasteiger partial charge >= 0.3 is 0 Å². The van der Waals surface area contributed by atoms with Gasteiger partial charge in [0.25, 0.3) is 0 Å². The monoisotopic (exact) mass is 346 g/mol. The maximum Gasteiger partial charge on any atom is 0.191 e. The van der Waals surface area contributed by atoms with E-state index in [-0.39, 0.29) is 11.6 Å². The van der Waals surface area contributed by atoms with Gasteiger partial charge in [0.05, 0.1) is 29.1 Å². The Labute approximate surface area is 153 Å². The molecular weight excluding hydrogens is 324 g/mol. The molecule has 0 saturated heterocycles. The van der Waals surface area contributed by atoms with Gasteiger partial charge in [0, 0.05) is 23.7 Å². The molecule has 0 radical (unpaired) electrons. The van der Waals surface area contributed by atoms with Crippen LogP contribution in [0.4, 0.5) is 0 Å². The first-order valence-electron chi connectivity index (χ1n) is 8.93. The predicted octanol–water partition coefficient (Wildman–Crippen LogP) is 3.11. The summed E-state index contributed by atoms with van der Waals surface area (Å²) in [5.41, 5.74) is 8.75. The zero-order chi connectivity index (χ0) is 19.1. The number of allylic oxidation sites excluding steroid dienone is 4. The molecular formula is C20H22N6. The van der Waals surface area contributed by atoms with E-state index in [9.17, 15) is 15.8 Å². The lowest BCUT2D eigenvalue weighted by Gasteiger charge is -2.43. The molecule has 3 rings (SSSR count). The highest BCUT2D eigenvalue weighted by Gasteiger charge is 2.55. The first-order chi connectivity index (χ1) is 12.5. The third kappa shape index (κ3) is 2.18. The van der Waals surface area contributed by atoms with Crippen LogP contribution in [-0.2, 0) is 6.54 Å². The molecule has 2 aliphatic rings. The van der Waals surface area contributed by atoms with Crippen molar-refractivity contribution in [1.29, 1.82) is 15.8 Å². The van der Waals surface area contributed by atoms with Gasteiger partial charge in [-0.15, -0.1) is 0 Å². The van der Waals surface area contributed by atoms with Gasteiger partial charge in [0.15, 0.2) is 5.41 Å². The third-order valence-corrected chi connectivity index (χ3v) is 5.85. The van der Waals surface area contributed by atoms with Crippen molar-refractivity contribution in [3.63, 3.8) is 0 Å². The number of fused-ring (bicyclic) bond motifs is 1. The molecule has 1 heterocycles. The molecule has 0 amide bonds. The molecule has 0 bridgehead atoms. The Balaban J connectivity index is 2.39. The maximum absolute atomic E-state index is 10.1. The highest BCUT2D eigenvalue weighted by molar-refractivity contribution is 5.59. The number of aryl methyl sites for hydroxylation is 2. The van der Waals surface area contributed by atoms with Crippen molar-refractivity contribution in [2.75, 3.05) is 0 Å². The number of nitriles is 3. The summed E-state index contributed by atoms with van der Waals surface area (Å²) in [6.45, 7) is 6.62. The lowest BCUT2D eigenvalue weighted by Crippen LogP contribution is -2.43. The molecule has 0 saturated carbocycles. The Hall–Kier alpha value is -3.04. The summed E-state index contributed by atoms with van der Waals surface area (Å²) in [6.07, 6.45) is 4.74. The van der Waals surface area contributed by atoms with Crippen LogP contribution in [-0.4, -0.2) is 9.78 Å². The number of hydrogen-bond acceptors (Lipinski definition) is 5. The van der Waals surface area contributed by atoms with Crippen LogP contribution in [0.1, 0.15) is 49.1 Å². The molecule has 26 heavy (non-hydrogen) atoms. The van der Waals surface area contributed by atoms with Crippen molar-refractivity contribution in [3.8, 4) is 18.2 Å². The topological polar surface area (TPSA) is 115 Å². The van der Waals surface area contributed by atoms with Crippen molar-refractivity contribution < 1.29 is 0 Å². The Morgan fingerprint density at radius 1 is 1.31 bits per heavy atom. The molecule has 0 fully saturated rings. The minimum absolute atomic E-state index is 0.0723. The van der Waals surface area contributed by atoms with Gasteiger partial charge in [-0.25, -0.2) is 0 Å². The molecule has 2 N–H and O–H groups in total. The molecule has 0 unspecified atom stereocenters. The summed E-state index contributed by atoms with van der Waals surface area (Å²) < 4.78 is 1.90. The summed E-state index contributed by atoms with van der Waals surface area (Å²) >= 11 is 0. The van der Waals surface area contributed by atoms with Gasteiger partial charge in [-0.3, -0.25) is 4.68 Å². The standard InChI is InChI=1S/C20H22N6/c1-4-26-13(3)17(12(2)25-26)18-15-8-6-5-7-14(15)16(9-21)19(24)20(18,10-22)11-23/h7,15,18H,4-6,8,24H2,1-3H3/t15-,18+/m1/s1. The first kappa shape index (κ1) is 17.8. The van der Waals surface area contributed by atoms with Gasteiger partial charge in [-0.2, -0.15) is 20.9 Å². The Morgan fingerprint density at radius 3 is 2.54 bits per heavy atom. The average Bonchev–Trinajstić information content (AvgIpc) is 2.94. The van der Waals surface area contributed by atoms with E-state index in [4.69, 9.17) is 5.73 Å². The van der Waals surface area contributed by atoms with Crippen LogP contribution in [0.2, 0.25) is 0 Å². The van der Waals surface area contributed by atoms with E-state index in [1.807, 2.05) is 25.5 Å². The smallest absolute Gasteiger partial charge is 0.191 e. The third-order valence-electron chi connectivity index (χ3n) is 5.85. The predicted molar refractivity (Wildman–Crippen MR) is 96.0 cm³/mol. The minimum Gasteiger partial charge on any atom is -0.399 e. The second-order valence-corrected chi connectivity index (χ2v) is 7.01. The van der Waals surface area contributed by atoms with Crippen molar-refractivity contribution in [3.05, 3.63) is 39.9 Å². The number of nitrogens with two attached hydrogens (primary N) is 1. The summed E-state index contributed by atoms with van der Waals surface area (Å²) in [7, 11) is 0. The quantitative estimate of drug-likeness (QED) is 0.883. The number of rotatable bonds is 2. The fraction of sp³-hybridized carbons (Fsp3) is 0.500. The SMILES string of the molecule is CCn1nc(C)c([C@@H]2[C@@H]3CCCC=C3C(C#N)=C(N)C2(C#N)C#N)c1C. The molecule has 2 aliphatic carbocycles. The van der Waals surface area contributed by atoms with Crippen LogP contribution in [0.15, 0.2) is 22.9 Å². The lowest BCUT2D eigenvalue weighted by molar-refractivity contribution is 0.315. The molecule has 6 nitrogen and oxygen atoms in total. The molecule has 6 heteroatoms. The number of hydrogen-bond donors (Lipinski definition) is 1. The number of aromatic nitrogens is 2. The highest BCUT2D eigenvalue weighted by Crippen LogP contribution is 2.56. The summed E-state index contributed by atoms with van der Waals surface area (Å²) in [5, 5.41) is 34.4.